The topological polar surface area (TPSA) is 120 Å². The highest BCUT2D eigenvalue weighted by Gasteiger charge is 2.24. The first-order valence-electron chi connectivity index (χ1n) is 8.45. The summed E-state index contributed by atoms with van der Waals surface area (Å²) in [4.78, 5) is 22.6. The maximum atomic E-state index is 11.6. The van der Waals surface area contributed by atoms with Crippen LogP contribution in [0.4, 0.5) is 5.82 Å². The number of aromatic nitrogens is 3. The molecule has 0 bridgehead atoms. The Balaban J connectivity index is 1.97. The van der Waals surface area contributed by atoms with Crippen molar-refractivity contribution in [3.63, 3.8) is 0 Å². The van der Waals surface area contributed by atoms with Gasteiger partial charge in [-0.1, -0.05) is 5.16 Å². The molecule has 4 rings (SSSR count). The lowest BCUT2D eigenvalue weighted by atomic mass is 10.0. The molecule has 132 valence electrons. The number of hydrogen-bond donors (Lipinski definition) is 0. The maximum absolute atomic E-state index is 11.6. The van der Waals surface area contributed by atoms with E-state index in [4.69, 9.17) is 9.51 Å². The third-order valence-electron chi connectivity index (χ3n) is 4.53. The number of fused-ring (bicyclic) bond motifs is 1. The van der Waals surface area contributed by atoms with Crippen LogP contribution in [-0.4, -0.2) is 34.0 Å². The predicted octanol–water partition coefficient (Wildman–Crippen LogP) is 2.51. The van der Waals surface area contributed by atoms with E-state index in [1.807, 2.05) is 11.0 Å². The Morgan fingerprint density at radius 1 is 1.11 bits per heavy atom. The van der Waals surface area contributed by atoms with Gasteiger partial charge in [0.1, 0.15) is 17.7 Å². The second-order valence-electron chi connectivity index (χ2n) is 6.35. The first-order chi connectivity index (χ1) is 13.1. The van der Waals surface area contributed by atoms with Gasteiger partial charge in [0, 0.05) is 31.3 Å². The molecule has 0 atom stereocenters. The van der Waals surface area contributed by atoms with Crippen molar-refractivity contribution in [2.24, 2.45) is 0 Å². The van der Waals surface area contributed by atoms with Crippen LogP contribution in [0.3, 0.4) is 0 Å². The number of piperidine rings is 1. The molecule has 0 unspecified atom stereocenters. The number of nitriles is 2. The van der Waals surface area contributed by atoms with Crippen LogP contribution in [0.25, 0.3) is 22.4 Å². The third kappa shape index (κ3) is 2.98. The minimum absolute atomic E-state index is 0.221. The Morgan fingerprint density at radius 2 is 1.89 bits per heavy atom. The number of benzene rings is 1. The van der Waals surface area contributed by atoms with Gasteiger partial charge in [-0.05, 0) is 25.1 Å². The van der Waals surface area contributed by atoms with Crippen molar-refractivity contribution in [3.8, 4) is 23.6 Å². The Morgan fingerprint density at radius 3 is 2.52 bits per heavy atom. The van der Waals surface area contributed by atoms with Gasteiger partial charge in [-0.2, -0.15) is 15.5 Å². The van der Waals surface area contributed by atoms with Gasteiger partial charge in [0.25, 0.3) is 5.89 Å². The lowest BCUT2D eigenvalue weighted by molar-refractivity contribution is -0.119. The smallest absolute Gasteiger partial charge is 0.261 e. The second kappa shape index (κ2) is 6.50. The molecule has 3 aromatic rings. The standard InChI is InChI=1S/C19H14N6O2/c1-11-22-19(27-24-11)16-8-13-6-12(9-20)7-14(10-21)17(13)23-18(16)25-4-2-15(26)3-5-25/h6-8H,2-5H2,1H3. The normalized spacial score (nSPS) is 14.2. The molecular formula is C19H14N6O2. The van der Waals surface area contributed by atoms with E-state index in [9.17, 15) is 15.3 Å². The van der Waals surface area contributed by atoms with E-state index in [2.05, 4.69) is 22.3 Å². The SMILES string of the molecule is Cc1noc(-c2cc3cc(C#N)cc(C#N)c3nc2N2CCC(=O)CC2)n1. The summed E-state index contributed by atoms with van der Waals surface area (Å²) < 4.78 is 5.34. The van der Waals surface area contributed by atoms with Gasteiger partial charge in [-0.3, -0.25) is 4.79 Å². The quantitative estimate of drug-likeness (QED) is 0.685. The summed E-state index contributed by atoms with van der Waals surface area (Å²) in [6.45, 7) is 2.80. The Labute approximate surface area is 154 Å². The molecule has 3 heterocycles. The molecule has 0 spiro atoms. The van der Waals surface area contributed by atoms with Gasteiger partial charge in [0.05, 0.1) is 28.3 Å². The van der Waals surface area contributed by atoms with Crippen LogP contribution in [-0.2, 0) is 4.79 Å². The number of carbonyl (C=O) groups excluding carboxylic acids is 1. The van der Waals surface area contributed by atoms with Crippen molar-refractivity contribution in [3.05, 3.63) is 35.2 Å². The number of ketones is 1. The van der Waals surface area contributed by atoms with Crippen LogP contribution in [0, 0.1) is 29.6 Å². The molecule has 1 aliphatic heterocycles. The van der Waals surface area contributed by atoms with E-state index in [-0.39, 0.29) is 5.78 Å². The monoisotopic (exact) mass is 358 g/mol. The third-order valence-corrected chi connectivity index (χ3v) is 4.53. The van der Waals surface area contributed by atoms with E-state index < -0.39 is 0 Å². The number of aryl methyl sites for hydroxylation is 1. The molecule has 0 saturated carbocycles. The molecule has 1 fully saturated rings. The summed E-state index contributed by atoms with van der Waals surface area (Å²) >= 11 is 0. The van der Waals surface area contributed by atoms with Crippen LogP contribution in [0.1, 0.15) is 29.8 Å². The van der Waals surface area contributed by atoms with E-state index >= 15 is 0 Å². The molecule has 1 aromatic carbocycles. The number of nitrogens with zero attached hydrogens (tertiary/aromatic N) is 6. The Kier molecular flexibility index (Phi) is 4.02. The molecule has 1 aliphatic rings. The summed E-state index contributed by atoms with van der Waals surface area (Å²) in [5.41, 5.74) is 1.83. The average molecular weight is 358 g/mol. The van der Waals surface area contributed by atoms with Crippen molar-refractivity contribution in [2.75, 3.05) is 18.0 Å². The molecule has 8 heteroatoms. The van der Waals surface area contributed by atoms with Gasteiger partial charge in [0.2, 0.25) is 0 Å². The van der Waals surface area contributed by atoms with Crippen LogP contribution < -0.4 is 4.90 Å². The van der Waals surface area contributed by atoms with Crippen LogP contribution in [0.5, 0.6) is 0 Å². The van der Waals surface area contributed by atoms with Crippen molar-refractivity contribution < 1.29 is 9.32 Å². The fourth-order valence-electron chi connectivity index (χ4n) is 3.20. The first kappa shape index (κ1) is 16.7. The van der Waals surface area contributed by atoms with E-state index in [1.54, 1.807) is 13.0 Å². The van der Waals surface area contributed by atoms with E-state index in [1.165, 1.54) is 6.07 Å². The van der Waals surface area contributed by atoms with Crippen molar-refractivity contribution >= 4 is 22.5 Å². The number of Topliss-reactive ketones (excluding diaryl/α,β-unsaturated/α-hetero) is 1. The predicted molar refractivity (Wildman–Crippen MR) is 95.7 cm³/mol. The second-order valence-corrected chi connectivity index (χ2v) is 6.35. The number of pyridine rings is 1. The number of carbonyl (C=O) groups is 1. The summed E-state index contributed by atoms with van der Waals surface area (Å²) in [6.07, 6.45) is 0.890. The zero-order chi connectivity index (χ0) is 19.0. The summed E-state index contributed by atoms with van der Waals surface area (Å²) in [5.74, 6) is 1.63. The van der Waals surface area contributed by atoms with Gasteiger partial charge >= 0.3 is 0 Å². The minimum Gasteiger partial charge on any atom is -0.355 e. The number of rotatable bonds is 2. The van der Waals surface area contributed by atoms with Crippen LogP contribution >= 0.6 is 0 Å². The highest BCUT2D eigenvalue weighted by Crippen LogP contribution is 2.34. The van der Waals surface area contributed by atoms with Crippen molar-refractivity contribution in [1.82, 2.24) is 15.1 Å². The highest BCUT2D eigenvalue weighted by molar-refractivity contribution is 5.92. The summed E-state index contributed by atoms with van der Waals surface area (Å²) in [7, 11) is 0. The summed E-state index contributed by atoms with van der Waals surface area (Å²) in [6, 6.07) is 9.18. The zero-order valence-corrected chi connectivity index (χ0v) is 14.6. The van der Waals surface area contributed by atoms with E-state index in [0.717, 1.165) is 0 Å². The molecule has 0 radical (unpaired) electrons. The molecule has 0 amide bonds. The Bertz CT molecular complexity index is 1140. The van der Waals surface area contributed by atoms with Crippen LogP contribution in [0.2, 0.25) is 0 Å². The zero-order valence-electron chi connectivity index (χ0n) is 14.6. The molecule has 0 aliphatic carbocycles. The van der Waals surface area contributed by atoms with Crippen molar-refractivity contribution in [1.29, 1.82) is 10.5 Å². The number of hydrogen-bond acceptors (Lipinski definition) is 8. The fraction of sp³-hybridized carbons (Fsp3) is 0.263. The lowest BCUT2D eigenvalue weighted by Gasteiger charge is -2.28. The fourth-order valence-corrected chi connectivity index (χ4v) is 3.20. The average Bonchev–Trinajstić information content (AvgIpc) is 3.13. The highest BCUT2D eigenvalue weighted by atomic mass is 16.5. The van der Waals surface area contributed by atoms with E-state index in [0.29, 0.717) is 71.1 Å². The first-order valence-corrected chi connectivity index (χ1v) is 8.45. The lowest BCUT2D eigenvalue weighted by Crippen LogP contribution is -2.34. The van der Waals surface area contributed by atoms with Crippen LogP contribution in [0.15, 0.2) is 22.7 Å². The molecule has 1 saturated heterocycles. The number of anilines is 1. The largest absolute Gasteiger partial charge is 0.355 e. The molecule has 27 heavy (non-hydrogen) atoms. The maximum Gasteiger partial charge on any atom is 0.261 e. The van der Waals surface area contributed by atoms with Gasteiger partial charge < -0.3 is 9.42 Å². The van der Waals surface area contributed by atoms with Gasteiger partial charge in [-0.25, -0.2) is 4.98 Å². The molecule has 2 aromatic heterocycles. The Hall–Kier alpha value is -3.78. The van der Waals surface area contributed by atoms with Gasteiger partial charge in [-0.15, -0.1) is 0 Å². The van der Waals surface area contributed by atoms with Gasteiger partial charge in [0.15, 0.2) is 5.82 Å². The molecule has 8 nitrogen and oxygen atoms in total. The molecular weight excluding hydrogens is 344 g/mol. The minimum atomic E-state index is 0.221. The molecule has 0 N–H and O–H groups in total. The van der Waals surface area contributed by atoms with Crippen molar-refractivity contribution in [2.45, 2.75) is 19.8 Å². The summed E-state index contributed by atoms with van der Waals surface area (Å²) in [5, 5.41) is 23.2.